The number of hydrogen-bond acceptors (Lipinski definition) is 5. The molecule has 0 heterocycles. The maximum absolute atomic E-state index is 12.6. The molecule has 0 saturated carbocycles. The largest absolute Gasteiger partial charge is 0.493 e. The molecule has 3 aromatic carbocycles. The molecule has 0 radical (unpaired) electrons. The van der Waals surface area contributed by atoms with Crippen LogP contribution in [0.15, 0.2) is 66.7 Å². The van der Waals surface area contributed by atoms with Crippen molar-refractivity contribution in [3.63, 3.8) is 0 Å². The number of rotatable bonds is 8. The Morgan fingerprint density at radius 1 is 0.788 bits per heavy atom. The van der Waals surface area contributed by atoms with Gasteiger partial charge in [0.05, 0.1) is 31.9 Å². The quantitative estimate of drug-likeness (QED) is 0.418. The zero-order valence-electron chi connectivity index (χ0n) is 18.2. The number of nitrogens with one attached hydrogen (secondary N) is 3. The van der Waals surface area contributed by atoms with Crippen LogP contribution >= 0.6 is 0 Å². The topological polar surface area (TPSA) is 132 Å². The highest BCUT2D eigenvalue weighted by Crippen LogP contribution is 2.33. The first-order chi connectivity index (χ1) is 15.9. The van der Waals surface area contributed by atoms with Crippen LogP contribution in [0.2, 0.25) is 0 Å². The molecule has 0 aliphatic carbocycles. The Hall–Kier alpha value is -4.53. The molecule has 4 amide bonds. The smallest absolute Gasteiger partial charge is 0.323 e. The molecule has 0 spiro atoms. The fourth-order valence-electron chi connectivity index (χ4n) is 3.09. The summed E-state index contributed by atoms with van der Waals surface area (Å²) in [7, 11) is 2.88. The summed E-state index contributed by atoms with van der Waals surface area (Å²) in [4.78, 5) is 36.5. The van der Waals surface area contributed by atoms with Gasteiger partial charge in [-0.3, -0.25) is 9.59 Å². The number of hydrogen-bond donors (Lipinski definition) is 4. The number of carbonyl (C=O) groups is 3. The minimum atomic E-state index is -0.713. The highest BCUT2D eigenvalue weighted by Gasteiger charge is 2.17. The normalized spacial score (nSPS) is 10.1. The first-order valence-corrected chi connectivity index (χ1v) is 9.97. The van der Waals surface area contributed by atoms with Gasteiger partial charge in [-0.25, -0.2) is 4.79 Å². The minimum absolute atomic E-state index is 0.0447. The van der Waals surface area contributed by atoms with Crippen LogP contribution in [-0.4, -0.2) is 32.1 Å². The summed E-state index contributed by atoms with van der Waals surface area (Å²) in [5, 5.41) is 8.14. The van der Waals surface area contributed by atoms with Gasteiger partial charge in [0.15, 0.2) is 11.5 Å². The summed E-state index contributed by atoms with van der Waals surface area (Å²) in [5.74, 6) is -0.395. The van der Waals surface area contributed by atoms with Crippen molar-refractivity contribution in [2.75, 3.05) is 30.2 Å². The van der Waals surface area contributed by atoms with Gasteiger partial charge in [0.25, 0.3) is 5.91 Å². The Morgan fingerprint density at radius 2 is 1.36 bits per heavy atom. The molecule has 0 aliphatic heterocycles. The van der Waals surface area contributed by atoms with E-state index in [1.165, 1.54) is 26.4 Å². The van der Waals surface area contributed by atoms with Gasteiger partial charge in [-0.05, 0) is 35.9 Å². The van der Waals surface area contributed by atoms with Crippen LogP contribution in [0, 0.1) is 0 Å². The molecule has 0 bridgehead atoms. The lowest BCUT2D eigenvalue weighted by atomic mass is 10.1. The van der Waals surface area contributed by atoms with Crippen molar-refractivity contribution >= 4 is 34.9 Å². The van der Waals surface area contributed by atoms with Crippen molar-refractivity contribution in [3.05, 3.63) is 77.9 Å². The summed E-state index contributed by atoms with van der Waals surface area (Å²) in [6, 6.07) is 18.4. The number of methoxy groups -OCH3 is 2. The van der Waals surface area contributed by atoms with E-state index in [-0.39, 0.29) is 29.6 Å². The molecule has 3 aromatic rings. The second-order valence-corrected chi connectivity index (χ2v) is 6.98. The number of ether oxygens (including phenoxy) is 2. The van der Waals surface area contributed by atoms with Crippen molar-refractivity contribution in [2.45, 2.75) is 6.42 Å². The second-order valence-electron chi connectivity index (χ2n) is 6.98. The van der Waals surface area contributed by atoms with Crippen LogP contribution in [0.4, 0.5) is 21.9 Å². The fraction of sp³-hybridized carbons (Fsp3) is 0.125. The van der Waals surface area contributed by atoms with Gasteiger partial charge >= 0.3 is 6.03 Å². The molecule has 0 aromatic heterocycles. The summed E-state index contributed by atoms with van der Waals surface area (Å²) >= 11 is 0. The fourth-order valence-corrected chi connectivity index (χ4v) is 3.09. The number of para-hydroxylation sites is 1. The van der Waals surface area contributed by atoms with Gasteiger partial charge in [0, 0.05) is 17.4 Å². The predicted octanol–water partition coefficient (Wildman–Crippen LogP) is 3.63. The Balaban J connectivity index is 1.63. The van der Waals surface area contributed by atoms with Gasteiger partial charge < -0.3 is 31.2 Å². The number of carbonyl (C=O) groups excluding carboxylic acids is 3. The second kappa shape index (κ2) is 10.7. The summed E-state index contributed by atoms with van der Waals surface area (Å²) in [6.07, 6.45) is 0.0447. The highest BCUT2D eigenvalue weighted by molar-refractivity contribution is 6.04. The summed E-state index contributed by atoms with van der Waals surface area (Å²) in [6.45, 7) is 0. The molecule has 0 aliphatic rings. The van der Waals surface area contributed by atoms with E-state index in [1.807, 2.05) is 18.2 Å². The van der Waals surface area contributed by atoms with E-state index in [0.717, 1.165) is 0 Å². The average Bonchev–Trinajstić information content (AvgIpc) is 2.80. The molecular weight excluding hydrogens is 424 g/mol. The van der Waals surface area contributed by atoms with Crippen molar-refractivity contribution in [3.8, 4) is 11.5 Å². The SMILES string of the molecule is COc1cc(NC(=O)Cc2ccc(NC(=O)Nc3ccccc3)cc2)c(C(N)=O)cc1OC. The Kier molecular flexibility index (Phi) is 7.48. The van der Waals surface area contributed by atoms with Crippen LogP contribution < -0.4 is 31.2 Å². The van der Waals surface area contributed by atoms with Crippen LogP contribution in [0.3, 0.4) is 0 Å². The number of nitrogens with two attached hydrogens (primary N) is 1. The molecule has 33 heavy (non-hydrogen) atoms. The standard InChI is InChI=1S/C24H24N4O5/c1-32-20-13-18(23(25)30)19(14-21(20)33-2)28-22(29)12-15-8-10-17(11-9-15)27-24(31)26-16-6-4-3-5-7-16/h3-11,13-14H,12H2,1-2H3,(H2,25,30)(H,28,29)(H2,26,27,31). The lowest BCUT2D eigenvalue weighted by Gasteiger charge is -2.14. The molecule has 9 heteroatoms. The maximum Gasteiger partial charge on any atom is 0.323 e. The maximum atomic E-state index is 12.6. The third-order valence-electron chi connectivity index (χ3n) is 4.67. The molecule has 9 nitrogen and oxygen atoms in total. The van der Waals surface area contributed by atoms with Crippen LogP contribution in [-0.2, 0) is 11.2 Å². The molecule has 0 unspecified atom stereocenters. The molecule has 170 valence electrons. The Bertz CT molecular complexity index is 1150. The first kappa shape index (κ1) is 23.1. The third kappa shape index (κ3) is 6.23. The van der Waals surface area contributed by atoms with E-state index >= 15 is 0 Å². The molecule has 0 fully saturated rings. The van der Waals surface area contributed by atoms with Crippen molar-refractivity contribution in [1.29, 1.82) is 0 Å². The van der Waals surface area contributed by atoms with Crippen LogP contribution in [0.5, 0.6) is 11.5 Å². The number of urea groups is 1. The van der Waals surface area contributed by atoms with Crippen LogP contribution in [0.1, 0.15) is 15.9 Å². The molecular formula is C24H24N4O5. The van der Waals surface area contributed by atoms with Crippen molar-refractivity contribution < 1.29 is 23.9 Å². The molecule has 3 rings (SSSR count). The summed E-state index contributed by atoms with van der Waals surface area (Å²) in [5.41, 5.74) is 7.72. The lowest BCUT2D eigenvalue weighted by Crippen LogP contribution is -2.20. The Morgan fingerprint density at radius 3 is 1.94 bits per heavy atom. The number of primary amides is 1. The van der Waals surface area contributed by atoms with E-state index in [1.54, 1.807) is 36.4 Å². The number of benzene rings is 3. The molecule has 5 N–H and O–H groups in total. The van der Waals surface area contributed by atoms with Gasteiger partial charge in [-0.2, -0.15) is 0 Å². The minimum Gasteiger partial charge on any atom is -0.493 e. The van der Waals surface area contributed by atoms with Gasteiger partial charge in [-0.1, -0.05) is 30.3 Å². The highest BCUT2D eigenvalue weighted by atomic mass is 16.5. The molecule has 0 saturated heterocycles. The van der Waals surface area contributed by atoms with Gasteiger partial charge in [0.2, 0.25) is 5.91 Å². The van der Waals surface area contributed by atoms with Gasteiger partial charge in [0.1, 0.15) is 0 Å². The Labute approximate surface area is 190 Å². The predicted molar refractivity (Wildman–Crippen MR) is 126 cm³/mol. The van der Waals surface area contributed by atoms with Crippen LogP contribution in [0.25, 0.3) is 0 Å². The van der Waals surface area contributed by atoms with E-state index in [9.17, 15) is 14.4 Å². The number of anilines is 3. The molecule has 0 atom stereocenters. The van der Waals surface area contributed by atoms with Gasteiger partial charge in [-0.15, -0.1) is 0 Å². The van der Waals surface area contributed by atoms with E-state index in [4.69, 9.17) is 15.2 Å². The average molecular weight is 448 g/mol. The monoisotopic (exact) mass is 448 g/mol. The lowest BCUT2D eigenvalue weighted by molar-refractivity contribution is -0.115. The number of amides is 4. The zero-order chi connectivity index (χ0) is 23.8. The van der Waals surface area contributed by atoms with E-state index in [2.05, 4.69) is 16.0 Å². The first-order valence-electron chi connectivity index (χ1n) is 9.97. The van der Waals surface area contributed by atoms with E-state index < -0.39 is 5.91 Å². The zero-order valence-corrected chi connectivity index (χ0v) is 18.2. The van der Waals surface area contributed by atoms with E-state index in [0.29, 0.717) is 28.4 Å². The summed E-state index contributed by atoms with van der Waals surface area (Å²) < 4.78 is 10.4. The van der Waals surface area contributed by atoms with Crippen molar-refractivity contribution in [2.24, 2.45) is 5.73 Å². The third-order valence-corrected chi connectivity index (χ3v) is 4.67. The van der Waals surface area contributed by atoms with Crippen molar-refractivity contribution in [1.82, 2.24) is 0 Å².